The minimum absolute atomic E-state index is 0.109. The van der Waals surface area contributed by atoms with Crippen LogP contribution in [0.25, 0.3) is 6.08 Å². The third kappa shape index (κ3) is 4.07. The zero-order valence-corrected chi connectivity index (χ0v) is 12.8. The smallest absolute Gasteiger partial charge is 0.248 e. The summed E-state index contributed by atoms with van der Waals surface area (Å²) in [6.45, 7) is 6.51. The standard InChI is InChI=1S/C17H19NOS/c1-17(2,3)13-6-8-14(9-7-13)18-16(19)11-10-15-5-4-12-20-15/h4-12H,1-3H3,(H,18,19). The molecule has 1 N–H and O–H groups in total. The SMILES string of the molecule is CC(C)(C)c1ccc(NC(=O)C=Cc2cccs2)cc1. The van der Waals surface area contributed by atoms with Gasteiger partial charge >= 0.3 is 0 Å². The average Bonchev–Trinajstić information content (AvgIpc) is 2.89. The van der Waals surface area contributed by atoms with Gasteiger partial charge in [-0.2, -0.15) is 0 Å². The monoisotopic (exact) mass is 285 g/mol. The average molecular weight is 285 g/mol. The van der Waals surface area contributed by atoms with Gasteiger partial charge in [0.2, 0.25) is 5.91 Å². The van der Waals surface area contributed by atoms with E-state index in [1.165, 1.54) is 5.56 Å². The molecule has 0 saturated heterocycles. The molecule has 2 aromatic rings. The van der Waals surface area contributed by atoms with E-state index < -0.39 is 0 Å². The maximum atomic E-state index is 11.8. The summed E-state index contributed by atoms with van der Waals surface area (Å²) in [5, 5.41) is 4.85. The topological polar surface area (TPSA) is 29.1 Å². The second-order valence-electron chi connectivity index (χ2n) is 5.67. The Bertz CT molecular complexity index is 589. The van der Waals surface area contributed by atoms with Crippen molar-refractivity contribution in [3.63, 3.8) is 0 Å². The number of amides is 1. The minimum Gasteiger partial charge on any atom is -0.323 e. The van der Waals surface area contributed by atoms with E-state index in [2.05, 4.69) is 38.2 Å². The van der Waals surface area contributed by atoms with Gasteiger partial charge in [0.1, 0.15) is 0 Å². The van der Waals surface area contributed by atoms with Crippen molar-refractivity contribution in [3.05, 3.63) is 58.3 Å². The van der Waals surface area contributed by atoms with Gasteiger partial charge in [-0.15, -0.1) is 11.3 Å². The molecule has 104 valence electrons. The number of carbonyl (C=O) groups is 1. The van der Waals surface area contributed by atoms with Crippen molar-refractivity contribution in [2.45, 2.75) is 26.2 Å². The van der Waals surface area contributed by atoms with Crippen LogP contribution in [0.4, 0.5) is 5.69 Å². The van der Waals surface area contributed by atoms with Crippen molar-refractivity contribution in [2.75, 3.05) is 5.32 Å². The lowest BCUT2D eigenvalue weighted by molar-refractivity contribution is -0.111. The summed E-state index contributed by atoms with van der Waals surface area (Å²) in [4.78, 5) is 12.9. The molecule has 0 aliphatic rings. The third-order valence-electron chi connectivity index (χ3n) is 2.96. The van der Waals surface area contributed by atoms with Crippen molar-refractivity contribution in [1.29, 1.82) is 0 Å². The first-order valence-electron chi connectivity index (χ1n) is 6.58. The second-order valence-corrected chi connectivity index (χ2v) is 6.64. The Hall–Kier alpha value is -1.87. The van der Waals surface area contributed by atoms with Gasteiger partial charge in [0.15, 0.2) is 0 Å². The van der Waals surface area contributed by atoms with Crippen LogP contribution in [-0.2, 0) is 10.2 Å². The van der Waals surface area contributed by atoms with Crippen molar-refractivity contribution in [2.24, 2.45) is 0 Å². The Morgan fingerprint density at radius 2 is 1.85 bits per heavy atom. The molecule has 1 amide bonds. The summed E-state index contributed by atoms with van der Waals surface area (Å²) in [5.74, 6) is -0.109. The van der Waals surface area contributed by atoms with E-state index in [0.29, 0.717) is 0 Å². The van der Waals surface area contributed by atoms with Crippen molar-refractivity contribution >= 4 is 29.0 Å². The van der Waals surface area contributed by atoms with Crippen LogP contribution >= 0.6 is 11.3 Å². The number of benzene rings is 1. The zero-order chi connectivity index (χ0) is 14.6. The molecule has 0 atom stereocenters. The van der Waals surface area contributed by atoms with Crippen molar-refractivity contribution < 1.29 is 4.79 Å². The summed E-state index contributed by atoms with van der Waals surface area (Å²) in [6.07, 6.45) is 3.38. The predicted molar refractivity (Wildman–Crippen MR) is 87.1 cm³/mol. The highest BCUT2D eigenvalue weighted by atomic mass is 32.1. The number of anilines is 1. The molecule has 3 heteroatoms. The van der Waals surface area contributed by atoms with E-state index in [9.17, 15) is 4.79 Å². The summed E-state index contributed by atoms with van der Waals surface area (Å²) in [6, 6.07) is 11.9. The fourth-order valence-electron chi connectivity index (χ4n) is 1.78. The molecule has 0 spiro atoms. The Morgan fingerprint density at radius 1 is 1.15 bits per heavy atom. The lowest BCUT2D eigenvalue weighted by Crippen LogP contribution is -2.12. The van der Waals surface area contributed by atoms with Gasteiger partial charge in [0, 0.05) is 16.6 Å². The Labute approximate surface area is 124 Å². The Balaban J connectivity index is 1.98. The molecule has 0 bridgehead atoms. The third-order valence-corrected chi connectivity index (χ3v) is 3.80. The summed E-state index contributed by atoms with van der Waals surface area (Å²) >= 11 is 1.61. The molecule has 1 aromatic carbocycles. The molecule has 20 heavy (non-hydrogen) atoms. The highest BCUT2D eigenvalue weighted by Crippen LogP contribution is 2.23. The lowest BCUT2D eigenvalue weighted by Gasteiger charge is -2.19. The Kier molecular flexibility index (Phi) is 4.40. The molecule has 0 unspecified atom stereocenters. The van der Waals surface area contributed by atoms with E-state index in [4.69, 9.17) is 0 Å². The number of carbonyl (C=O) groups excluding carboxylic acids is 1. The van der Waals surface area contributed by atoms with E-state index in [1.54, 1.807) is 17.4 Å². The Morgan fingerprint density at radius 3 is 2.40 bits per heavy atom. The minimum atomic E-state index is -0.109. The number of nitrogens with one attached hydrogen (secondary N) is 1. The van der Waals surface area contributed by atoms with Crippen LogP contribution in [0, 0.1) is 0 Å². The number of rotatable bonds is 3. The van der Waals surface area contributed by atoms with Crippen LogP contribution in [0.15, 0.2) is 47.9 Å². The fourth-order valence-corrected chi connectivity index (χ4v) is 2.40. The molecular formula is C17H19NOS. The van der Waals surface area contributed by atoms with Crippen LogP contribution in [0.2, 0.25) is 0 Å². The van der Waals surface area contributed by atoms with Gasteiger partial charge in [0.05, 0.1) is 0 Å². The van der Waals surface area contributed by atoms with Crippen LogP contribution in [0.5, 0.6) is 0 Å². The molecule has 0 saturated carbocycles. The van der Waals surface area contributed by atoms with Crippen LogP contribution < -0.4 is 5.32 Å². The van der Waals surface area contributed by atoms with E-state index in [0.717, 1.165) is 10.6 Å². The second kappa shape index (κ2) is 6.06. The maximum absolute atomic E-state index is 11.8. The first-order chi connectivity index (χ1) is 9.45. The highest BCUT2D eigenvalue weighted by Gasteiger charge is 2.12. The van der Waals surface area contributed by atoms with Crippen LogP contribution in [0.3, 0.4) is 0 Å². The van der Waals surface area contributed by atoms with Gasteiger partial charge in [-0.25, -0.2) is 0 Å². The summed E-state index contributed by atoms with van der Waals surface area (Å²) < 4.78 is 0. The summed E-state index contributed by atoms with van der Waals surface area (Å²) in [5.41, 5.74) is 2.20. The zero-order valence-electron chi connectivity index (χ0n) is 12.0. The molecule has 1 heterocycles. The number of thiophene rings is 1. The predicted octanol–water partition coefficient (Wildman–Crippen LogP) is 4.70. The van der Waals surface area contributed by atoms with E-state index >= 15 is 0 Å². The highest BCUT2D eigenvalue weighted by molar-refractivity contribution is 7.10. The first-order valence-corrected chi connectivity index (χ1v) is 7.46. The summed E-state index contributed by atoms with van der Waals surface area (Å²) in [7, 11) is 0. The molecule has 0 aliphatic carbocycles. The number of hydrogen-bond acceptors (Lipinski definition) is 2. The van der Waals surface area contributed by atoms with E-state index in [-0.39, 0.29) is 11.3 Å². The molecule has 1 aromatic heterocycles. The number of hydrogen-bond donors (Lipinski definition) is 1. The van der Waals surface area contributed by atoms with Crippen LogP contribution in [-0.4, -0.2) is 5.91 Å². The van der Waals surface area contributed by atoms with E-state index in [1.807, 2.05) is 35.7 Å². The van der Waals surface area contributed by atoms with Crippen molar-refractivity contribution in [3.8, 4) is 0 Å². The first kappa shape index (κ1) is 14.5. The molecule has 2 rings (SSSR count). The van der Waals surface area contributed by atoms with Crippen LogP contribution in [0.1, 0.15) is 31.2 Å². The van der Waals surface area contributed by atoms with Gasteiger partial charge in [-0.05, 0) is 40.6 Å². The fraction of sp³-hybridized carbons (Fsp3) is 0.235. The quantitative estimate of drug-likeness (QED) is 0.814. The van der Waals surface area contributed by atoms with Crippen molar-refractivity contribution in [1.82, 2.24) is 0 Å². The van der Waals surface area contributed by atoms with Gasteiger partial charge in [0.25, 0.3) is 0 Å². The normalized spacial score (nSPS) is 11.8. The molecule has 0 radical (unpaired) electrons. The maximum Gasteiger partial charge on any atom is 0.248 e. The molecular weight excluding hydrogens is 266 g/mol. The molecule has 2 nitrogen and oxygen atoms in total. The molecule has 0 fully saturated rings. The van der Waals surface area contributed by atoms with Gasteiger partial charge < -0.3 is 5.32 Å². The lowest BCUT2D eigenvalue weighted by atomic mass is 9.87. The largest absolute Gasteiger partial charge is 0.323 e. The van der Waals surface area contributed by atoms with Gasteiger partial charge in [-0.3, -0.25) is 4.79 Å². The molecule has 0 aliphatic heterocycles. The van der Waals surface area contributed by atoms with Gasteiger partial charge in [-0.1, -0.05) is 39.0 Å².